The van der Waals surface area contributed by atoms with E-state index in [-0.39, 0.29) is 16.7 Å². The number of aromatic amines is 1. The average Bonchev–Trinajstić information content (AvgIpc) is 3.20. The summed E-state index contributed by atoms with van der Waals surface area (Å²) in [6.45, 7) is 0.287. The fourth-order valence-corrected chi connectivity index (χ4v) is 4.69. The number of carbonyl (C=O) groups excluding carboxylic acids is 1. The Bertz CT molecular complexity index is 987. The molecule has 0 unspecified atom stereocenters. The lowest BCUT2D eigenvalue weighted by Gasteiger charge is -2.08. The maximum atomic E-state index is 12.2. The summed E-state index contributed by atoms with van der Waals surface area (Å²) < 4.78 is 25.5. The first-order chi connectivity index (χ1) is 11.4. The first kappa shape index (κ1) is 16.7. The van der Waals surface area contributed by atoms with Gasteiger partial charge in [0.05, 0.1) is 6.54 Å². The molecule has 1 amide bonds. The fourth-order valence-electron chi connectivity index (χ4n) is 2.23. The molecule has 0 saturated heterocycles. The number of hydrogen-bond acceptors (Lipinski definition) is 4. The van der Waals surface area contributed by atoms with E-state index in [1.54, 1.807) is 24.3 Å². The van der Waals surface area contributed by atoms with Gasteiger partial charge in [-0.2, -0.15) is 0 Å². The molecule has 3 aromatic rings. The number of amides is 1. The Hall–Kier alpha value is -2.16. The lowest BCUT2D eigenvalue weighted by molar-refractivity contribution is 0.0951. The van der Waals surface area contributed by atoms with Crippen LogP contribution in [-0.4, -0.2) is 37.7 Å². The predicted octanol–water partition coefficient (Wildman–Crippen LogP) is 2.41. The quantitative estimate of drug-likeness (QED) is 0.730. The maximum Gasteiger partial charge on any atom is 0.252 e. The number of nitrogens with zero attached hydrogens (tertiary/aromatic N) is 1. The van der Waals surface area contributed by atoms with Crippen LogP contribution in [0, 0.1) is 0 Å². The van der Waals surface area contributed by atoms with Crippen molar-refractivity contribution in [3.8, 4) is 0 Å². The minimum atomic E-state index is -3.43. The summed E-state index contributed by atoms with van der Waals surface area (Å²) in [7, 11) is -0.443. The van der Waals surface area contributed by atoms with Gasteiger partial charge in [-0.25, -0.2) is 12.7 Å². The van der Waals surface area contributed by atoms with Gasteiger partial charge in [-0.05, 0) is 35.7 Å². The van der Waals surface area contributed by atoms with E-state index in [1.807, 2.05) is 18.3 Å². The number of sulfonamides is 1. The van der Waals surface area contributed by atoms with Gasteiger partial charge in [0.25, 0.3) is 15.9 Å². The number of thiophene rings is 1. The van der Waals surface area contributed by atoms with Crippen molar-refractivity contribution < 1.29 is 13.2 Å². The minimum absolute atomic E-state index is 0.197. The first-order valence-electron chi connectivity index (χ1n) is 7.24. The van der Waals surface area contributed by atoms with Crippen molar-refractivity contribution in [3.05, 3.63) is 53.0 Å². The van der Waals surface area contributed by atoms with Gasteiger partial charge >= 0.3 is 0 Å². The van der Waals surface area contributed by atoms with Crippen LogP contribution in [0.15, 0.2) is 46.8 Å². The zero-order valence-corrected chi connectivity index (χ0v) is 14.9. The van der Waals surface area contributed by atoms with Crippen LogP contribution in [-0.2, 0) is 16.6 Å². The van der Waals surface area contributed by atoms with Crippen LogP contribution in [0.5, 0.6) is 0 Å². The van der Waals surface area contributed by atoms with Crippen molar-refractivity contribution in [3.63, 3.8) is 0 Å². The summed E-state index contributed by atoms with van der Waals surface area (Å²) >= 11 is 1.16. The number of hydrogen-bond donors (Lipinski definition) is 2. The van der Waals surface area contributed by atoms with Crippen LogP contribution in [0.25, 0.3) is 10.9 Å². The third-order valence-electron chi connectivity index (χ3n) is 3.61. The van der Waals surface area contributed by atoms with E-state index in [9.17, 15) is 13.2 Å². The molecule has 0 bridgehead atoms. The number of nitrogens with one attached hydrogen (secondary N) is 2. The second-order valence-electron chi connectivity index (χ2n) is 5.47. The SMILES string of the molecule is CN(C)S(=O)(=O)c1ccc(CNC(=O)c2ccc3cc[nH]c3c2)s1. The van der Waals surface area contributed by atoms with E-state index in [0.717, 1.165) is 27.1 Å². The molecule has 24 heavy (non-hydrogen) atoms. The van der Waals surface area contributed by atoms with Gasteiger partial charge in [0, 0.05) is 36.2 Å². The summed E-state index contributed by atoms with van der Waals surface area (Å²) in [5.41, 5.74) is 1.46. The van der Waals surface area contributed by atoms with Crippen molar-refractivity contribution in [1.82, 2.24) is 14.6 Å². The molecular formula is C16H17N3O3S2. The van der Waals surface area contributed by atoms with Gasteiger partial charge in [-0.1, -0.05) is 6.07 Å². The summed E-state index contributed by atoms with van der Waals surface area (Å²) in [5.74, 6) is -0.197. The second-order valence-corrected chi connectivity index (χ2v) is 9.02. The molecule has 0 atom stereocenters. The molecule has 3 rings (SSSR count). The third-order valence-corrected chi connectivity index (χ3v) is 6.98. The van der Waals surface area contributed by atoms with Crippen LogP contribution in [0.3, 0.4) is 0 Å². The molecule has 126 valence electrons. The van der Waals surface area contributed by atoms with Crippen LogP contribution in [0.1, 0.15) is 15.2 Å². The van der Waals surface area contributed by atoms with Gasteiger partial charge in [-0.3, -0.25) is 4.79 Å². The highest BCUT2D eigenvalue weighted by atomic mass is 32.2. The van der Waals surface area contributed by atoms with Crippen LogP contribution >= 0.6 is 11.3 Å². The number of H-pyrrole nitrogens is 1. The first-order valence-corrected chi connectivity index (χ1v) is 9.50. The van der Waals surface area contributed by atoms with Crippen molar-refractivity contribution in [2.75, 3.05) is 14.1 Å². The Morgan fingerprint density at radius 3 is 2.75 bits per heavy atom. The van der Waals surface area contributed by atoms with E-state index in [2.05, 4.69) is 10.3 Å². The van der Waals surface area contributed by atoms with Crippen molar-refractivity contribution >= 4 is 38.2 Å². The standard InChI is InChI=1S/C16H17N3O3S2/c1-19(2)24(21,22)15-6-5-13(23-15)10-18-16(20)12-4-3-11-7-8-17-14(11)9-12/h3-9,17H,10H2,1-2H3,(H,18,20). The van der Waals surface area contributed by atoms with Gasteiger partial charge in [0.2, 0.25) is 0 Å². The molecule has 8 heteroatoms. The molecule has 2 aromatic heterocycles. The Morgan fingerprint density at radius 2 is 2.00 bits per heavy atom. The Balaban J connectivity index is 1.69. The fraction of sp³-hybridized carbons (Fsp3) is 0.188. The van der Waals surface area contributed by atoms with E-state index >= 15 is 0 Å². The molecule has 0 saturated carbocycles. The molecule has 0 fully saturated rings. The molecule has 0 spiro atoms. The average molecular weight is 363 g/mol. The Kier molecular flexibility index (Phi) is 4.44. The molecule has 2 N–H and O–H groups in total. The van der Waals surface area contributed by atoms with Crippen molar-refractivity contribution in [2.24, 2.45) is 0 Å². The topological polar surface area (TPSA) is 82.3 Å². The predicted molar refractivity (Wildman–Crippen MR) is 94.7 cm³/mol. The Morgan fingerprint density at radius 1 is 1.21 bits per heavy atom. The van der Waals surface area contributed by atoms with E-state index in [4.69, 9.17) is 0 Å². The lowest BCUT2D eigenvalue weighted by atomic mass is 10.1. The molecule has 0 aliphatic rings. The minimum Gasteiger partial charge on any atom is -0.361 e. The monoisotopic (exact) mass is 363 g/mol. The van der Waals surface area contributed by atoms with Crippen molar-refractivity contribution in [1.29, 1.82) is 0 Å². The van der Waals surface area contributed by atoms with Gasteiger partial charge in [-0.15, -0.1) is 11.3 Å². The smallest absolute Gasteiger partial charge is 0.252 e. The van der Waals surface area contributed by atoms with Crippen LogP contribution < -0.4 is 5.32 Å². The largest absolute Gasteiger partial charge is 0.361 e. The van der Waals surface area contributed by atoms with E-state index in [1.165, 1.54) is 18.4 Å². The summed E-state index contributed by atoms with van der Waals surface area (Å²) in [5, 5.41) is 3.86. The maximum absolute atomic E-state index is 12.2. The highest BCUT2D eigenvalue weighted by molar-refractivity contribution is 7.91. The molecule has 0 aliphatic heterocycles. The lowest BCUT2D eigenvalue weighted by Crippen LogP contribution is -2.22. The molecule has 0 radical (unpaired) electrons. The Labute approximate surface area is 144 Å². The van der Waals surface area contributed by atoms with Gasteiger partial charge < -0.3 is 10.3 Å². The normalized spacial score (nSPS) is 12.0. The summed E-state index contributed by atoms with van der Waals surface area (Å²) in [6, 6.07) is 10.7. The highest BCUT2D eigenvalue weighted by Crippen LogP contribution is 2.23. The molecule has 1 aromatic carbocycles. The molecule has 0 aliphatic carbocycles. The number of rotatable bonds is 5. The third kappa shape index (κ3) is 3.21. The summed E-state index contributed by atoms with van der Waals surface area (Å²) in [6.07, 6.45) is 1.82. The molecule has 6 nitrogen and oxygen atoms in total. The van der Waals surface area contributed by atoms with Crippen LogP contribution in [0.4, 0.5) is 0 Å². The molecule has 2 heterocycles. The zero-order valence-electron chi connectivity index (χ0n) is 13.2. The number of carbonyl (C=O) groups is 1. The molecular weight excluding hydrogens is 346 g/mol. The van der Waals surface area contributed by atoms with Crippen LogP contribution in [0.2, 0.25) is 0 Å². The van der Waals surface area contributed by atoms with E-state index < -0.39 is 10.0 Å². The van der Waals surface area contributed by atoms with Gasteiger partial charge in [0.1, 0.15) is 4.21 Å². The van der Waals surface area contributed by atoms with Gasteiger partial charge in [0.15, 0.2) is 0 Å². The summed E-state index contributed by atoms with van der Waals surface area (Å²) in [4.78, 5) is 16.1. The number of fused-ring (bicyclic) bond motifs is 1. The van der Waals surface area contributed by atoms with E-state index in [0.29, 0.717) is 5.56 Å². The van der Waals surface area contributed by atoms with Crippen molar-refractivity contribution in [2.45, 2.75) is 10.8 Å². The number of aromatic nitrogens is 1. The second kappa shape index (κ2) is 6.39. The highest BCUT2D eigenvalue weighted by Gasteiger charge is 2.19. The zero-order chi connectivity index (χ0) is 17.3. The number of benzene rings is 1.